The number of benzene rings is 1. The van der Waals surface area contributed by atoms with Gasteiger partial charge in [-0.1, -0.05) is 0 Å². The average Bonchev–Trinajstić information content (AvgIpc) is 2.75. The molecule has 0 unspecified atom stereocenters. The van der Waals surface area contributed by atoms with E-state index in [-0.39, 0.29) is 0 Å². The number of rotatable bonds is 4. The highest BCUT2D eigenvalue weighted by Crippen LogP contribution is 2.37. The average molecular weight is 231 g/mol. The van der Waals surface area contributed by atoms with Gasteiger partial charge >= 0.3 is 0 Å². The van der Waals surface area contributed by atoms with Crippen molar-refractivity contribution >= 4 is 0 Å². The molecule has 1 heterocycles. The first-order valence-corrected chi connectivity index (χ1v) is 5.46. The second-order valence-corrected chi connectivity index (χ2v) is 3.60. The van der Waals surface area contributed by atoms with Crippen LogP contribution in [-0.2, 0) is 7.05 Å². The van der Waals surface area contributed by atoms with Gasteiger partial charge in [0.25, 0.3) is 0 Å². The molecule has 0 bridgehead atoms. The minimum atomic E-state index is 0.605. The van der Waals surface area contributed by atoms with E-state index in [2.05, 4.69) is 11.2 Å². The largest absolute Gasteiger partial charge is 0.496 e. The van der Waals surface area contributed by atoms with E-state index in [1.54, 1.807) is 24.1 Å². The fourth-order valence-corrected chi connectivity index (χ4v) is 1.72. The molecular weight excluding hydrogens is 216 g/mol. The fraction of sp³-hybridized carbons (Fsp3) is 0.308. The lowest BCUT2D eigenvalue weighted by Crippen LogP contribution is -1.96. The zero-order valence-electron chi connectivity index (χ0n) is 10.2. The number of aromatic nitrogens is 2. The molecule has 0 fully saturated rings. The summed E-state index contributed by atoms with van der Waals surface area (Å²) in [5.74, 6) is 1.50. The molecule has 4 heteroatoms. The van der Waals surface area contributed by atoms with Crippen molar-refractivity contribution in [1.29, 1.82) is 0 Å². The minimum absolute atomic E-state index is 0.605. The second kappa shape index (κ2) is 4.91. The van der Waals surface area contributed by atoms with Gasteiger partial charge in [0, 0.05) is 18.8 Å². The maximum atomic E-state index is 5.59. The molecule has 17 heavy (non-hydrogen) atoms. The van der Waals surface area contributed by atoms with Gasteiger partial charge in [-0.3, -0.25) is 4.68 Å². The molecule has 0 N–H and O–H groups in total. The highest BCUT2D eigenvalue weighted by atomic mass is 16.5. The summed E-state index contributed by atoms with van der Waals surface area (Å²) in [6.07, 6.45) is 3.72. The molecule has 89 valence electrons. The molecule has 1 aromatic heterocycles. The van der Waals surface area contributed by atoms with Gasteiger partial charge in [0.05, 0.1) is 25.5 Å². The third-order valence-electron chi connectivity index (χ3n) is 2.43. The van der Waals surface area contributed by atoms with E-state index in [0.717, 1.165) is 22.6 Å². The number of ether oxygens (including phenoxy) is 2. The van der Waals surface area contributed by atoms with E-state index < -0.39 is 0 Å². The Morgan fingerprint density at radius 1 is 1.35 bits per heavy atom. The van der Waals surface area contributed by atoms with E-state index in [9.17, 15) is 0 Å². The van der Waals surface area contributed by atoms with Crippen LogP contribution in [0.25, 0.3) is 11.1 Å². The van der Waals surface area contributed by atoms with Crippen LogP contribution in [0.4, 0.5) is 0 Å². The van der Waals surface area contributed by atoms with Crippen molar-refractivity contribution in [2.24, 2.45) is 7.05 Å². The summed E-state index contributed by atoms with van der Waals surface area (Å²) in [5, 5.41) is 4.16. The molecule has 0 saturated carbocycles. The Morgan fingerprint density at radius 3 is 2.71 bits per heavy atom. The Bertz CT molecular complexity index is 506. The van der Waals surface area contributed by atoms with Gasteiger partial charge in [0.15, 0.2) is 0 Å². The molecule has 0 aliphatic heterocycles. The van der Waals surface area contributed by atoms with Crippen LogP contribution < -0.4 is 9.47 Å². The van der Waals surface area contributed by atoms with Crippen LogP contribution in [0.1, 0.15) is 6.92 Å². The summed E-state index contributed by atoms with van der Waals surface area (Å²) in [6, 6.07) is 6.62. The summed E-state index contributed by atoms with van der Waals surface area (Å²) < 4.78 is 12.7. The van der Waals surface area contributed by atoms with Gasteiger partial charge in [-0.15, -0.1) is 0 Å². The molecule has 0 atom stereocenters. The van der Waals surface area contributed by atoms with Crippen LogP contribution in [0, 0.1) is 6.07 Å². The maximum absolute atomic E-state index is 5.59. The van der Waals surface area contributed by atoms with Crippen LogP contribution in [0.15, 0.2) is 24.5 Å². The van der Waals surface area contributed by atoms with E-state index in [4.69, 9.17) is 9.47 Å². The Labute approximate surface area is 101 Å². The Balaban J connectivity index is 2.55. The van der Waals surface area contributed by atoms with E-state index in [1.807, 2.05) is 26.2 Å². The monoisotopic (exact) mass is 231 g/mol. The number of hydrogen-bond donors (Lipinski definition) is 0. The van der Waals surface area contributed by atoms with Gasteiger partial charge in [0.1, 0.15) is 11.5 Å². The van der Waals surface area contributed by atoms with Crippen LogP contribution in [0.2, 0.25) is 0 Å². The third kappa shape index (κ3) is 2.25. The van der Waals surface area contributed by atoms with Gasteiger partial charge in [0.2, 0.25) is 0 Å². The van der Waals surface area contributed by atoms with Crippen molar-refractivity contribution in [2.75, 3.05) is 13.7 Å². The first-order chi connectivity index (χ1) is 8.26. The Morgan fingerprint density at radius 2 is 2.12 bits per heavy atom. The van der Waals surface area contributed by atoms with Gasteiger partial charge < -0.3 is 9.47 Å². The van der Waals surface area contributed by atoms with E-state index in [1.165, 1.54) is 0 Å². The summed E-state index contributed by atoms with van der Waals surface area (Å²) in [5.41, 5.74) is 1.89. The molecule has 2 aromatic rings. The quantitative estimate of drug-likeness (QED) is 0.810. The number of hydrogen-bond acceptors (Lipinski definition) is 3. The van der Waals surface area contributed by atoms with Crippen molar-refractivity contribution < 1.29 is 9.47 Å². The standard InChI is InChI=1S/C13H15N2O2/c1-4-17-12-7-5-6-11(16-3)13(12)10-8-14-15(2)9-10/h6-9H,4H2,1-3H3. The SMILES string of the molecule is CCOc1c[c]cc(OC)c1-c1cnn(C)c1. The Kier molecular flexibility index (Phi) is 3.32. The molecule has 1 aromatic carbocycles. The summed E-state index contributed by atoms with van der Waals surface area (Å²) in [4.78, 5) is 0. The van der Waals surface area contributed by atoms with E-state index in [0.29, 0.717) is 6.61 Å². The predicted octanol–water partition coefficient (Wildman–Crippen LogP) is 2.29. The van der Waals surface area contributed by atoms with Gasteiger partial charge in [-0.05, 0) is 25.1 Å². The van der Waals surface area contributed by atoms with Gasteiger partial charge in [-0.2, -0.15) is 5.10 Å². The smallest absolute Gasteiger partial charge is 0.131 e. The lowest BCUT2D eigenvalue weighted by Gasteiger charge is -2.12. The number of aryl methyl sites for hydroxylation is 1. The highest BCUT2D eigenvalue weighted by molar-refractivity contribution is 5.75. The lowest BCUT2D eigenvalue weighted by atomic mass is 10.1. The number of nitrogens with zero attached hydrogens (tertiary/aromatic N) is 2. The van der Waals surface area contributed by atoms with Crippen molar-refractivity contribution in [3.8, 4) is 22.6 Å². The zero-order valence-corrected chi connectivity index (χ0v) is 10.2. The summed E-state index contributed by atoms with van der Waals surface area (Å²) >= 11 is 0. The van der Waals surface area contributed by atoms with Gasteiger partial charge in [-0.25, -0.2) is 0 Å². The molecule has 0 amide bonds. The predicted molar refractivity (Wildman–Crippen MR) is 65.2 cm³/mol. The van der Waals surface area contributed by atoms with Crippen molar-refractivity contribution in [3.63, 3.8) is 0 Å². The molecular formula is C13H15N2O2. The Hall–Kier alpha value is -1.97. The second-order valence-electron chi connectivity index (χ2n) is 3.60. The van der Waals surface area contributed by atoms with Crippen molar-refractivity contribution in [2.45, 2.75) is 6.92 Å². The minimum Gasteiger partial charge on any atom is -0.496 e. The topological polar surface area (TPSA) is 36.3 Å². The normalized spacial score (nSPS) is 10.3. The highest BCUT2D eigenvalue weighted by Gasteiger charge is 2.13. The van der Waals surface area contributed by atoms with Crippen molar-refractivity contribution in [3.05, 3.63) is 30.6 Å². The lowest BCUT2D eigenvalue weighted by molar-refractivity contribution is 0.338. The van der Waals surface area contributed by atoms with Crippen LogP contribution in [0.5, 0.6) is 11.5 Å². The molecule has 0 saturated heterocycles. The molecule has 1 radical (unpaired) electrons. The molecule has 0 aliphatic rings. The van der Waals surface area contributed by atoms with Crippen molar-refractivity contribution in [1.82, 2.24) is 9.78 Å². The van der Waals surface area contributed by atoms with Crippen LogP contribution >= 0.6 is 0 Å². The van der Waals surface area contributed by atoms with Crippen LogP contribution in [-0.4, -0.2) is 23.5 Å². The fourth-order valence-electron chi connectivity index (χ4n) is 1.72. The zero-order chi connectivity index (χ0) is 12.3. The first kappa shape index (κ1) is 11.5. The first-order valence-electron chi connectivity index (χ1n) is 5.46. The summed E-state index contributed by atoms with van der Waals surface area (Å²) in [7, 11) is 3.52. The molecule has 0 spiro atoms. The molecule has 4 nitrogen and oxygen atoms in total. The van der Waals surface area contributed by atoms with E-state index >= 15 is 0 Å². The molecule has 2 rings (SSSR count). The number of methoxy groups -OCH3 is 1. The molecule has 0 aliphatic carbocycles. The third-order valence-corrected chi connectivity index (χ3v) is 2.43. The maximum Gasteiger partial charge on any atom is 0.131 e. The summed E-state index contributed by atoms with van der Waals surface area (Å²) in [6.45, 7) is 2.56. The van der Waals surface area contributed by atoms with Crippen LogP contribution in [0.3, 0.4) is 0 Å².